The van der Waals surface area contributed by atoms with Crippen molar-refractivity contribution in [2.75, 3.05) is 0 Å². The molecule has 0 heterocycles. The molecule has 15 heavy (non-hydrogen) atoms. The van der Waals surface area contributed by atoms with Gasteiger partial charge < -0.3 is 0 Å². The highest BCUT2D eigenvalue weighted by Crippen LogP contribution is 2.40. The Balaban J connectivity index is 2.30. The quantitative estimate of drug-likeness (QED) is 0.679. The van der Waals surface area contributed by atoms with Gasteiger partial charge in [-0.3, -0.25) is 0 Å². The second-order valence-corrected chi connectivity index (χ2v) is 3.73. The van der Waals surface area contributed by atoms with E-state index in [1.165, 1.54) is 18.4 Å². The summed E-state index contributed by atoms with van der Waals surface area (Å²) in [5.41, 5.74) is 2.42. The van der Waals surface area contributed by atoms with Gasteiger partial charge in [0.05, 0.1) is 0 Å². The van der Waals surface area contributed by atoms with Crippen molar-refractivity contribution in [1.82, 2.24) is 0 Å². The van der Waals surface area contributed by atoms with Crippen molar-refractivity contribution in [1.29, 1.82) is 10.5 Å². The monoisotopic (exact) mass is 194 g/mol. The lowest BCUT2D eigenvalue weighted by Crippen LogP contribution is -1.81. The lowest BCUT2D eigenvalue weighted by atomic mass is 10.1. The number of hydrogen-bond donors (Lipinski definition) is 0. The molecule has 2 rings (SSSR count). The molecule has 0 aromatic heterocycles. The molecule has 1 saturated carbocycles. The molecule has 72 valence electrons. The van der Waals surface area contributed by atoms with Gasteiger partial charge in [0, 0.05) is 0 Å². The van der Waals surface area contributed by atoms with Crippen LogP contribution in [-0.2, 0) is 0 Å². The van der Waals surface area contributed by atoms with Gasteiger partial charge in [-0.25, -0.2) is 0 Å². The first-order chi connectivity index (χ1) is 7.33. The first-order valence-corrected chi connectivity index (χ1v) is 4.95. The van der Waals surface area contributed by atoms with Gasteiger partial charge in [-0.05, 0) is 36.0 Å². The summed E-state index contributed by atoms with van der Waals surface area (Å²) in [7, 11) is 0. The Labute approximate surface area is 89.1 Å². The molecule has 2 nitrogen and oxygen atoms in total. The van der Waals surface area contributed by atoms with E-state index in [2.05, 4.69) is 12.1 Å². The van der Waals surface area contributed by atoms with E-state index >= 15 is 0 Å². The number of nitriles is 2. The molecule has 2 heteroatoms. The van der Waals surface area contributed by atoms with Crippen molar-refractivity contribution >= 4 is 6.08 Å². The maximum Gasteiger partial charge on any atom is 0.130 e. The maximum atomic E-state index is 8.64. The Morgan fingerprint density at radius 2 is 2.00 bits per heavy atom. The number of nitrogens with zero attached hydrogens (tertiary/aromatic N) is 2. The summed E-state index contributed by atoms with van der Waals surface area (Å²) >= 11 is 0. The third-order valence-corrected chi connectivity index (χ3v) is 2.51. The van der Waals surface area contributed by atoms with Crippen LogP contribution in [0, 0.1) is 22.7 Å². The van der Waals surface area contributed by atoms with Gasteiger partial charge in [0.1, 0.15) is 17.7 Å². The highest BCUT2D eigenvalue weighted by Gasteiger charge is 2.23. The fourth-order valence-corrected chi connectivity index (χ4v) is 1.58. The van der Waals surface area contributed by atoms with Gasteiger partial charge in [-0.1, -0.05) is 24.3 Å². The van der Waals surface area contributed by atoms with Crippen LogP contribution in [0.15, 0.2) is 29.8 Å². The molecular formula is C13H10N2. The topological polar surface area (TPSA) is 47.6 Å². The number of benzene rings is 1. The van der Waals surface area contributed by atoms with Crippen LogP contribution in [-0.4, -0.2) is 0 Å². The van der Waals surface area contributed by atoms with E-state index in [-0.39, 0.29) is 5.57 Å². The molecular weight excluding hydrogens is 184 g/mol. The molecule has 0 aliphatic heterocycles. The van der Waals surface area contributed by atoms with Gasteiger partial charge in [0.25, 0.3) is 0 Å². The zero-order valence-corrected chi connectivity index (χ0v) is 8.27. The zero-order chi connectivity index (χ0) is 10.7. The van der Waals surface area contributed by atoms with Gasteiger partial charge in [0.2, 0.25) is 0 Å². The van der Waals surface area contributed by atoms with Crippen molar-refractivity contribution < 1.29 is 0 Å². The average molecular weight is 194 g/mol. The van der Waals surface area contributed by atoms with Crippen LogP contribution in [0.25, 0.3) is 6.08 Å². The Bertz CT molecular complexity index is 466. The fourth-order valence-electron chi connectivity index (χ4n) is 1.58. The molecule has 0 saturated heterocycles. The van der Waals surface area contributed by atoms with E-state index in [1.807, 2.05) is 24.3 Å². The van der Waals surface area contributed by atoms with Crippen LogP contribution in [0.5, 0.6) is 0 Å². The summed E-state index contributed by atoms with van der Waals surface area (Å²) in [6.07, 6.45) is 4.15. The Hall–Kier alpha value is -2.06. The minimum Gasteiger partial charge on any atom is -0.192 e. The second-order valence-electron chi connectivity index (χ2n) is 3.73. The van der Waals surface area contributed by atoms with Crippen LogP contribution in [0.2, 0.25) is 0 Å². The molecule has 1 aliphatic carbocycles. The van der Waals surface area contributed by atoms with Crippen LogP contribution in [0.3, 0.4) is 0 Å². The minimum atomic E-state index is 0.156. The van der Waals surface area contributed by atoms with E-state index in [0.717, 1.165) is 5.56 Å². The zero-order valence-electron chi connectivity index (χ0n) is 8.27. The van der Waals surface area contributed by atoms with Crippen LogP contribution in [0.1, 0.15) is 29.9 Å². The van der Waals surface area contributed by atoms with Crippen molar-refractivity contribution in [3.8, 4) is 12.1 Å². The SMILES string of the molecule is N#CC(C#N)=Cc1cccc(C2CC2)c1. The first-order valence-electron chi connectivity index (χ1n) is 4.95. The molecule has 0 N–H and O–H groups in total. The Kier molecular flexibility index (Phi) is 2.52. The van der Waals surface area contributed by atoms with Gasteiger partial charge in [0.15, 0.2) is 0 Å². The summed E-state index contributed by atoms with van der Waals surface area (Å²) in [5, 5.41) is 17.3. The molecule has 1 fully saturated rings. The lowest BCUT2D eigenvalue weighted by molar-refractivity contribution is 1.13. The molecule has 0 amide bonds. The molecule has 0 spiro atoms. The number of hydrogen-bond acceptors (Lipinski definition) is 2. The lowest BCUT2D eigenvalue weighted by Gasteiger charge is -1.99. The van der Waals surface area contributed by atoms with Crippen molar-refractivity contribution in [2.45, 2.75) is 18.8 Å². The van der Waals surface area contributed by atoms with Gasteiger partial charge in [-0.2, -0.15) is 10.5 Å². The molecule has 0 unspecified atom stereocenters. The molecule has 1 aromatic rings. The summed E-state index contributed by atoms with van der Waals surface area (Å²) in [6, 6.07) is 11.8. The standard InChI is InChI=1S/C13H10N2/c14-8-11(9-15)6-10-2-1-3-13(7-10)12-4-5-12/h1-3,6-7,12H,4-5H2. The van der Waals surface area contributed by atoms with Crippen LogP contribution >= 0.6 is 0 Å². The minimum absolute atomic E-state index is 0.156. The summed E-state index contributed by atoms with van der Waals surface area (Å²) in [6.45, 7) is 0. The van der Waals surface area contributed by atoms with E-state index in [1.54, 1.807) is 6.08 Å². The van der Waals surface area contributed by atoms with E-state index in [4.69, 9.17) is 10.5 Å². The maximum absolute atomic E-state index is 8.64. The predicted octanol–water partition coefficient (Wildman–Crippen LogP) is 2.99. The van der Waals surface area contributed by atoms with Crippen molar-refractivity contribution in [3.05, 3.63) is 41.0 Å². The molecule has 1 aromatic carbocycles. The number of allylic oxidation sites excluding steroid dienone is 1. The highest BCUT2D eigenvalue weighted by atomic mass is 14.3. The third-order valence-electron chi connectivity index (χ3n) is 2.51. The summed E-state index contributed by atoms with van der Waals surface area (Å²) in [4.78, 5) is 0. The first kappa shape index (κ1) is 9.49. The smallest absolute Gasteiger partial charge is 0.130 e. The second kappa shape index (κ2) is 3.98. The molecule has 0 radical (unpaired) electrons. The van der Waals surface area contributed by atoms with Crippen molar-refractivity contribution in [3.63, 3.8) is 0 Å². The van der Waals surface area contributed by atoms with E-state index < -0.39 is 0 Å². The predicted molar refractivity (Wildman–Crippen MR) is 57.6 cm³/mol. The van der Waals surface area contributed by atoms with Crippen LogP contribution < -0.4 is 0 Å². The average Bonchev–Trinajstić information content (AvgIpc) is 3.10. The largest absolute Gasteiger partial charge is 0.192 e. The van der Waals surface area contributed by atoms with Gasteiger partial charge in [-0.15, -0.1) is 0 Å². The Morgan fingerprint density at radius 1 is 1.27 bits per heavy atom. The molecule has 0 bridgehead atoms. The number of rotatable bonds is 2. The summed E-state index contributed by atoms with van der Waals surface area (Å²) in [5.74, 6) is 0.700. The molecule has 0 atom stereocenters. The fraction of sp³-hybridized carbons (Fsp3) is 0.231. The highest BCUT2D eigenvalue weighted by molar-refractivity contribution is 5.62. The van der Waals surface area contributed by atoms with E-state index in [9.17, 15) is 0 Å². The van der Waals surface area contributed by atoms with Gasteiger partial charge >= 0.3 is 0 Å². The van der Waals surface area contributed by atoms with Crippen molar-refractivity contribution in [2.24, 2.45) is 0 Å². The Morgan fingerprint density at radius 3 is 2.60 bits per heavy atom. The van der Waals surface area contributed by atoms with Crippen LogP contribution in [0.4, 0.5) is 0 Å². The third kappa shape index (κ3) is 2.24. The normalized spacial score (nSPS) is 13.7. The van der Waals surface area contributed by atoms with E-state index in [0.29, 0.717) is 5.92 Å². The molecule has 1 aliphatic rings. The summed E-state index contributed by atoms with van der Waals surface area (Å²) < 4.78 is 0.